The fourth-order valence-corrected chi connectivity index (χ4v) is 3.11. The Bertz CT molecular complexity index is 1240. The lowest BCUT2D eigenvalue weighted by molar-refractivity contribution is 0.102. The van der Waals surface area contributed by atoms with Gasteiger partial charge in [-0.25, -0.2) is 18.3 Å². The summed E-state index contributed by atoms with van der Waals surface area (Å²) >= 11 is 0. The minimum Gasteiger partial charge on any atom is -0.497 e. The van der Waals surface area contributed by atoms with Crippen LogP contribution < -0.4 is 14.8 Å². The first-order chi connectivity index (χ1) is 15.0. The van der Waals surface area contributed by atoms with Crippen LogP contribution >= 0.6 is 0 Å². The Labute approximate surface area is 176 Å². The fraction of sp³-hybridized carbons (Fsp3) is 0.136. The van der Waals surface area contributed by atoms with Crippen molar-refractivity contribution in [3.8, 4) is 22.8 Å². The van der Waals surface area contributed by atoms with E-state index in [0.717, 1.165) is 4.52 Å². The largest absolute Gasteiger partial charge is 0.497 e. The molecule has 0 aliphatic rings. The Morgan fingerprint density at radius 2 is 1.77 bits per heavy atom. The van der Waals surface area contributed by atoms with Crippen LogP contribution in [0.5, 0.6) is 11.5 Å². The van der Waals surface area contributed by atoms with Gasteiger partial charge >= 0.3 is 0 Å². The van der Waals surface area contributed by atoms with Crippen LogP contribution in [0.1, 0.15) is 22.5 Å². The first-order valence-electron chi connectivity index (χ1n) is 9.27. The van der Waals surface area contributed by atoms with E-state index in [2.05, 4.69) is 15.4 Å². The van der Waals surface area contributed by atoms with Gasteiger partial charge in [-0.2, -0.15) is 5.10 Å². The third-order valence-corrected chi connectivity index (χ3v) is 4.68. The molecule has 0 aliphatic carbocycles. The van der Waals surface area contributed by atoms with Crippen molar-refractivity contribution in [1.82, 2.24) is 14.6 Å². The monoisotopic (exact) mass is 424 g/mol. The smallest absolute Gasteiger partial charge is 0.280 e. The molecule has 0 radical (unpaired) electrons. The molecule has 1 N–H and O–H groups in total. The topological polar surface area (TPSA) is 77.8 Å². The second-order valence-corrected chi connectivity index (χ2v) is 6.58. The van der Waals surface area contributed by atoms with Gasteiger partial charge in [-0.3, -0.25) is 4.79 Å². The molecule has 1 amide bonds. The highest BCUT2D eigenvalue weighted by molar-refractivity contribution is 6.08. The first-order valence-corrected chi connectivity index (χ1v) is 9.27. The molecule has 0 aliphatic heterocycles. The molecule has 0 atom stereocenters. The van der Waals surface area contributed by atoms with Crippen LogP contribution in [0.25, 0.3) is 16.9 Å². The molecule has 4 aromatic rings. The summed E-state index contributed by atoms with van der Waals surface area (Å²) in [5.74, 6) is 0.669. The molecule has 0 bridgehead atoms. The van der Waals surface area contributed by atoms with E-state index in [1.54, 1.807) is 48.5 Å². The molecular formula is C22H18F2N4O3. The van der Waals surface area contributed by atoms with Gasteiger partial charge in [0.15, 0.2) is 5.65 Å². The summed E-state index contributed by atoms with van der Waals surface area (Å²) in [5.41, 5.74) is 1.12. The first kappa shape index (κ1) is 20.3. The Kier molecular flexibility index (Phi) is 5.48. The van der Waals surface area contributed by atoms with Gasteiger partial charge in [0.1, 0.15) is 22.8 Å². The second-order valence-electron chi connectivity index (χ2n) is 6.58. The number of carbonyl (C=O) groups is 1. The molecule has 7 nitrogen and oxygen atoms in total. The number of methoxy groups -OCH3 is 2. The van der Waals surface area contributed by atoms with Gasteiger partial charge in [0, 0.05) is 17.3 Å². The van der Waals surface area contributed by atoms with Crippen LogP contribution in [0.2, 0.25) is 0 Å². The Morgan fingerprint density at radius 3 is 2.45 bits per heavy atom. The number of rotatable bonds is 6. The number of amides is 1. The summed E-state index contributed by atoms with van der Waals surface area (Å²) in [7, 11) is 3.05. The molecule has 0 spiro atoms. The summed E-state index contributed by atoms with van der Waals surface area (Å²) in [5, 5.41) is 6.68. The van der Waals surface area contributed by atoms with Crippen molar-refractivity contribution < 1.29 is 23.0 Å². The number of nitrogens with zero attached hydrogens (tertiary/aromatic N) is 3. The van der Waals surface area contributed by atoms with Crippen molar-refractivity contribution in [3.05, 3.63) is 72.1 Å². The van der Waals surface area contributed by atoms with Gasteiger partial charge in [-0.15, -0.1) is 0 Å². The normalized spacial score (nSPS) is 11.0. The van der Waals surface area contributed by atoms with Crippen LogP contribution in [0.15, 0.2) is 60.8 Å². The molecule has 0 fully saturated rings. The van der Waals surface area contributed by atoms with E-state index in [4.69, 9.17) is 9.47 Å². The van der Waals surface area contributed by atoms with Crippen molar-refractivity contribution in [3.63, 3.8) is 0 Å². The summed E-state index contributed by atoms with van der Waals surface area (Å²) in [4.78, 5) is 17.3. The average Bonchev–Trinajstić information content (AvgIpc) is 3.22. The van der Waals surface area contributed by atoms with Crippen LogP contribution in [-0.4, -0.2) is 34.7 Å². The Balaban J connectivity index is 1.77. The van der Waals surface area contributed by atoms with Crippen molar-refractivity contribution >= 4 is 17.2 Å². The van der Waals surface area contributed by atoms with E-state index in [1.807, 2.05) is 0 Å². The lowest BCUT2D eigenvalue weighted by Gasteiger charge is -2.09. The lowest BCUT2D eigenvalue weighted by atomic mass is 10.1. The number of halogens is 2. The second kappa shape index (κ2) is 8.39. The quantitative estimate of drug-likeness (QED) is 0.489. The minimum atomic E-state index is -2.81. The maximum absolute atomic E-state index is 13.7. The Morgan fingerprint density at radius 1 is 1.03 bits per heavy atom. The number of hydrogen-bond acceptors (Lipinski definition) is 5. The van der Waals surface area contributed by atoms with E-state index in [1.165, 1.54) is 26.5 Å². The number of fused-ring (bicyclic) bond motifs is 1. The van der Waals surface area contributed by atoms with Gasteiger partial charge in [-0.05, 0) is 42.5 Å². The molecule has 2 aromatic carbocycles. The van der Waals surface area contributed by atoms with Crippen molar-refractivity contribution in [1.29, 1.82) is 0 Å². The summed E-state index contributed by atoms with van der Waals surface area (Å²) in [6.07, 6.45) is -1.58. The van der Waals surface area contributed by atoms with E-state index >= 15 is 0 Å². The van der Waals surface area contributed by atoms with Gasteiger partial charge in [-0.1, -0.05) is 6.07 Å². The minimum absolute atomic E-state index is 0.0315. The highest BCUT2D eigenvalue weighted by Gasteiger charge is 2.21. The van der Waals surface area contributed by atoms with E-state index in [0.29, 0.717) is 28.4 Å². The number of alkyl halides is 2. The van der Waals surface area contributed by atoms with Crippen LogP contribution in [-0.2, 0) is 0 Å². The maximum Gasteiger partial charge on any atom is 0.280 e. The fourth-order valence-electron chi connectivity index (χ4n) is 3.11. The van der Waals surface area contributed by atoms with Gasteiger partial charge in [0.05, 0.1) is 26.1 Å². The maximum atomic E-state index is 13.7. The summed E-state index contributed by atoms with van der Waals surface area (Å²) in [6, 6.07) is 14.9. The molecule has 2 aromatic heterocycles. The zero-order valence-corrected chi connectivity index (χ0v) is 16.7. The predicted molar refractivity (Wildman–Crippen MR) is 111 cm³/mol. The van der Waals surface area contributed by atoms with Gasteiger partial charge < -0.3 is 14.8 Å². The molecule has 2 heterocycles. The third-order valence-electron chi connectivity index (χ3n) is 4.68. The SMILES string of the molecule is COc1ccc(-c2cc(C(F)F)n3ncc(C(=O)Nc4cccc(OC)c4)c3n2)cc1. The van der Waals surface area contributed by atoms with Crippen molar-refractivity contribution in [2.75, 3.05) is 19.5 Å². The zero-order valence-electron chi connectivity index (χ0n) is 16.7. The van der Waals surface area contributed by atoms with E-state index < -0.39 is 12.3 Å². The number of carbonyl (C=O) groups excluding carboxylic acids is 1. The standard InChI is InChI=1S/C22H18F2N4O3/c1-30-15-8-6-13(7-9-15)18-11-19(20(23)24)28-21(27-18)17(12-25-28)22(29)26-14-4-3-5-16(10-14)31-2/h3-12,20H,1-2H3,(H,26,29). The molecule has 0 saturated heterocycles. The Hall–Kier alpha value is -4.01. The highest BCUT2D eigenvalue weighted by Crippen LogP contribution is 2.28. The van der Waals surface area contributed by atoms with E-state index in [9.17, 15) is 13.6 Å². The highest BCUT2D eigenvalue weighted by atomic mass is 19.3. The van der Waals surface area contributed by atoms with Crippen molar-refractivity contribution in [2.45, 2.75) is 6.43 Å². The zero-order chi connectivity index (χ0) is 22.0. The predicted octanol–water partition coefficient (Wildman–Crippen LogP) is 4.60. The number of aromatic nitrogens is 3. The molecule has 9 heteroatoms. The summed E-state index contributed by atoms with van der Waals surface area (Å²) < 4.78 is 38.7. The number of benzene rings is 2. The van der Waals surface area contributed by atoms with Crippen LogP contribution in [0.4, 0.5) is 14.5 Å². The molecule has 0 unspecified atom stereocenters. The third kappa shape index (κ3) is 4.02. The average molecular weight is 424 g/mol. The van der Waals surface area contributed by atoms with E-state index in [-0.39, 0.29) is 16.9 Å². The number of anilines is 1. The molecular weight excluding hydrogens is 406 g/mol. The molecule has 158 valence electrons. The van der Waals surface area contributed by atoms with Crippen LogP contribution in [0.3, 0.4) is 0 Å². The van der Waals surface area contributed by atoms with Crippen LogP contribution in [0, 0.1) is 0 Å². The lowest BCUT2D eigenvalue weighted by Crippen LogP contribution is -2.12. The van der Waals surface area contributed by atoms with Gasteiger partial charge in [0.2, 0.25) is 0 Å². The number of ether oxygens (including phenoxy) is 2. The number of hydrogen-bond donors (Lipinski definition) is 1. The summed E-state index contributed by atoms with van der Waals surface area (Å²) in [6.45, 7) is 0. The van der Waals surface area contributed by atoms with Crippen molar-refractivity contribution in [2.24, 2.45) is 0 Å². The number of nitrogens with one attached hydrogen (secondary N) is 1. The van der Waals surface area contributed by atoms with Gasteiger partial charge in [0.25, 0.3) is 12.3 Å². The molecule has 0 saturated carbocycles. The molecule has 4 rings (SSSR count). The molecule has 31 heavy (non-hydrogen) atoms.